The molecule has 0 fully saturated rings. The molecule has 5 aromatic rings. The van der Waals surface area contributed by atoms with E-state index in [0.717, 1.165) is 27.2 Å². The Hall–Kier alpha value is -3.55. The number of sulfonamides is 1. The second-order valence-electron chi connectivity index (χ2n) is 6.92. The fourth-order valence-corrected chi connectivity index (χ4v) is 5.43. The Morgan fingerprint density at radius 1 is 0.806 bits per heavy atom. The lowest BCUT2D eigenvalue weighted by atomic mass is 10.1. The molecular formula is C24H17N3O2S2. The highest BCUT2D eigenvalue weighted by molar-refractivity contribution is 7.93. The van der Waals surface area contributed by atoms with E-state index in [1.807, 2.05) is 60.0 Å². The van der Waals surface area contributed by atoms with E-state index in [2.05, 4.69) is 9.71 Å². The topological polar surface area (TPSA) is 72.0 Å². The van der Waals surface area contributed by atoms with E-state index in [9.17, 15) is 8.42 Å². The Morgan fingerprint density at radius 3 is 2.45 bits per heavy atom. The minimum Gasteiger partial charge on any atom is -0.280 e. The van der Waals surface area contributed by atoms with Gasteiger partial charge in [0.25, 0.3) is 10.0 Å². The molecule has 0 radical (unpaired) electrons. The molecule has 152 valence electrons. The largest absolute Gasteiger partial charge is 0.280 e. The number of hydrogen-bond donors (Lipinski definition) is 1. The summed E-state index contributed by atoms with van der Waals surface area (Å²) in [6, 6.07) is 26.0. The van der Waals surface area contributed by atoms with Crippen molar-refractivity contribution >= 4 is 38.0 Å². The number of anilines is 1. The van der Waals surface area contributed by atoms with Crippen molar-refractivity contribution in [2.45, 2.75) is 4.90 Å². The summed E-state index contributed by atoms with van der Waals surface area (Å²) in [4.78, 5) is 9.13. The number of rotatable bonds is 5. The van der Waals surface area contributed by atoms with Crippen LogP contribution in [0.2, 0.25) is 0 Å². The van der Waals surface area contributed by atoms with Gasteiger partial charge in [0.05, 0.1) is 11.2 Å². The molecule has 5 nitrogen and oxygen atoms in total. The Bertz CT molecular complexity index is 1470. The number of para-hydroxylation sites is 1. The summed E-state index contributed by atoms with van der Waals surface area (Å²) >= 11 is 1.56. The van der Waals surface area contributed by atoms with Gasteiger partial charge in [-0.1, -0.05) is 60.7 Å². The van der Waals surface area contributed by atoms with Crippen molar-refractivity contribution in [1.82, 2.24) is 9.97 Å². The van der Waals surface area contributed by atoms with E-state index in [0.29, 0.717) is 11.2 Å². The lowest BCUT2D eigenvalue weighted by Crippen LogP contribution is -2.13. The average molecular weight is 444 g/mol. The molecule has 5 rings (SSSR count). The Labute approximate surface area is 184 Å². The van der Waals surface area contributed by atoms with Crippen molar-refractivity contribution in [3.63, 3.8) is 0 Å². The third-order valence-corrected chi connectivity index (χ3v) is 7.12. The quantitative estimate of drug-likeness (QED) is 0.371. The normalized spacial score (nSPS) is 11.5. The molecule has 0 saturated heterocycles. The van der Waals surface area contributed by atoms with Gasteiger partial charge < -0.3 is 0 Å². The number of nitrogens with zero attached hydrogens (tertiary/aromatic N) is 2. The van der Waals surface area contributed by atoms with Crippen molar-refractivity contribution < 1.29 is 8.42 Å². The molecule has 0 unspecified atom stereocenters. The zero-order valence-electron chi connectivity index (χ0n) is 16.3. The van der Waals surface area contributed by atoms with Crippen LogP contribution in [-0.2, 0) is 10.0 Å². The molecule has 0 aliphatic heterocycles. The summed E-state index contributed by atoms with van der Waals surface area (Å²) in [5, 5.41) is 3.67. The first-order chi connectivity index (χ1) is 15.1. The molecular weight excluding hydrogens is 426 g/mol. The van der Waals surface area contributed by atoms with E-state index in [1.165, 1.54) is 0 Å². The van der Waals surface area contributed by atoms with Crippen LogP contribution >= 0.6 is 11.3 Å². The van der Waals surface area contributed by atoms with Crippen molar-refractivity contribution in [3.8, 4) is 21.8 Å². The smallest absolute Gasteiger partial charge is 0.264 e. The maximum atomic E-state index is 13.1. The molecule has 2 heterocycles. The SMILES string of the molecule is O=S(=O)(Nc1cccc(-c2csc(-c3ccccc3)n2)c1)c1cccc2cccnc12. The standard InChI is InChI=1S/C24H17N3O2S2/c28-31(29,22-13-5-9-17-11-6-14-25-23(17)22)27-20-12-4-10-19(15-20)21-16-30-24(26-21)18-7-2-1-3-8-18/h1-16,27H. The maximum Gasteiger partial charge on any atom is 0.264 e. The predicted octanol–water partition coefficient (Wildman–Crippen LogP) is 5.83. The molecule has 31 heavy (non-hydrogen) atoms. The Morgan fingerprint density at radius 2 is 1.58 bits per heavy atom. The maximum absolute atomic E-state index is 13.1. The summed E-state index contributed by atoms with van der Waals surface area (Å²) in [5.41, 5.74) is 3.62. The van der Waals surface area contributed by atoms with Gasteiger partial charge in [0.2, 0.25) is 0 Å². The number of aromatic nitrogens is 2. The minimum atomic E-state index is -3.81. The number of fused-ring (bicyclic) bond motifs is 1. The lowest BCUT2D eigenvalue weighted by molar-refractivity contribution is 0.602. The third-order valence-electron chi connectivity index (χ3n) is 4.82. The molecule has 7 heteroatoms. The first-order valence-electron chi connectivity index (χ1n) is 9.58. The predicted molar refractivity (Wildman–Crippen MR) is 126 cm³/mol. The monoisotopic (exact) mass is 443 g/mol. The highest BCUT2D eigenvalue weighted by Crippen LogP contribution is 2.30. The van der Waals surface area contributed by atoms with Gasteiger partial charge in [0, 0.05) is 33.8 Å². The lowest BCUT2D eigenvalue weighted by Gasteiger charge is -2.10. The number of pyridine rings is 1. The number of thiazole rings is 1. The molecule has 0 aliphatic rings. The van der Waals surface area contributed by atoms with E-state index in [4.69, 9.17) is 4.98 Å². The van der Waals surface area contributed by atoms with Crippen LogP contribution in [0.1, 0.15) is 0 Å². The van der Waals surface area contributed by atoms with E-state index < -0.39 is 10.0 Å². The Kier molecular flexibility index (Phi) is 4.97. The highest BCUT2D eigenvalue weighted by atomic mass is 32.2. The molecule has 2 aromatic heterocycles. The van der Waals surface area contributed by atoms with Gasteiger partial charge in [-0.05, 0) is 24.3 Å². The Balaban J connectivity index is 1.46. The summed E-state index contributed by atoms with van der Waals surface area (Å²) in [7, 11) is -3.81. The second kappa shape index (κ2) is 7.94. The van der Waals surface area contributed by atoms with Crippen LogP contribution < -0.4 is 4.72 Å². The summed E-state index contributed by atoms with van der Waals surface area (Å²) < 4.78 is 28.9. The minimum absolute atomic E-state index is 0.149. The van der Waals surface area contributed by atoms with Gasteiger partial charge in [0.15, 0.2) is 0 Å². The van der Waals surface area contributed by atoms with E-state index in [1.54, 1.807) is 47.9 Å². The van der Waals surface area contributed by atoms with Crippen LogP contribution in [0.15, 0.2) is 101 Å². The van der Waals surface area contributed by atoms with Gasteiger partial charge in [-0.15, -0.1) is 11.3 Å². The average Bonchev–Trinajstić information content (AvgIpc) is 3.30. The molecule has 0 aliphatic carbocycles. The van der Waals surface area contributed by atoms with E-state index in [-0.39, 0.29) is 4.90 Å². The van der Waals surface area contributed by atoms with Crippen LogP contribution in [0.3, 0.4) is 0 Å². The van der Waals surface area contributed by atoms with Gasteiger partial charge >= 0.3 is 0 Å². The number of nitrogens with one attached hydrogen (secondary N) is 1. The zero-order valence-corrected chi connectivity index (χ0v) is 17.9. The fraction of sp³-hybridized carbons (Fsp3) is 0. The molecule has 0 amide bonds. The molecule has 1 N–H and O–H groups in total. The van der Waals surface area contributed by atoms with Crippen molar-refractivity contribution in [3.05, 3.63) is 96.5 Å². The van der Waals surface area contributed by atoms with Crippen molar-refractivity contribution in [2.24, 2.45) is 0 Å². The van der Waals surface area contributed by atoms with Gasteiger partial charge in [-0.25, -0.2) is 13.4 Å². The van der Waals surface area contributed by atoms with E-state index >= 15 is 0 Å². The van der Waals surface area contributed by atoms with Gasteiger partial charge in [0.1, 0.15) is 9.90 Å². The summed E-state index contributed by atoms with van der Waals surface area (Å²) in [5.74, 6) is 0. The molecule has 0 atom stereocenters. The second-order valence-corrected chi connectivity index (χ2v) is 9.43. The van der Waals surface area contributed by atoms with Crippen molar-refractivity contribution in [2.75, 3.05) is 4.72 Å². The third kappa shape index (κ3) is 3.93. The van der Waals surface area contributed by atoms with Crippen LogP contribution in [-0.4, -0.2) is 18.4 Å². The molecule has 0 spiro atoms. The highest BCUT2D eigenvalue weighted by Gasteiger charge is 2.18. The van der Waals surface area contributed by atoms with Gasteiger partial charge in [-0.2, -0.15) is 0 Å². The summed E-state index contributed by atoms with van der Waals surface area (Å²) in [6.07, 6.45) is 1.59. The van der Waals surface area contributed by atoms with Crippen LogP contribution in [0.25, 0.3) is 32.7 Å². The van der Waals surface area contributed by atoms with Crippen LogP contribution in [0, 0.1) is 0 Å². The van der Waals surface area contributed by atoms with Crippen LogP contribution in [0.4, 0.5) is 5.69 Å². The number of hydrogen-bond acceptors (Lipinski definition) is 5. The van der Waals surface area contributed by atoms with Gasteiger partial charge in [-0.3, -0.25) is 9.71 Å². The fourth-order valence-electron chi connectivity index (χ4n) is 3.36. The van der Waals surface area contributed by atoms with Crippen LogP contribution in [0.5, 0.6) is 0 Å². The summed E-state index contributed by atoms with van der Waals surface area (Å²) in [6.45, 7) is 0. The molecule has 0 bridgehead atoms. The molecule has 3 aromatic carbocycles. The molecule has 0 saturated carbocycles. The van der Waals surface area contributed by atoms with Crippen molar-refractivity contribution in [1.29, 1.82) is 0 Å². The zero-order chi connectivity index (χ0) is 21.3. The number of benzene rings is 3. The first-order valence-corrected chi connectivity index (χ1v) is 11.9. The first kappa shape index (κ1) is 19.4.